The minimum Gasteiger partial charge on any atom is -0.381 e. The number of carbonyl (C=O) groups excluding carboxylic acids is 2. The molecule has 4 heterocycles. The number of morpholine rings is 1. The van der Waals surface area contributed by atoms with E-state index in [1.165, 1.54) is 0 Å². The lowest BCUT2D eigenvalue weighted by Gasteiger charge is -2.32. The van der Waals surface area contributed by atoms with Crippen molar-refractivity contribution in [1.29, 1.82) is 0 Å². The van der Waals surface area contributed by atoms with Gasteiger partial charge in [-0.2, -0.15) is 5.10 Å². The van der Waals surface area contributed by atoms with Crippen molar-refractivity contribution < 1.29 is 14.3 Å². The normalized spacial score (nSPS) is 16.6. The fraction of sp³-hybridized carbons (Fsp3) is 0.481. The van der Waals surface area contributed by atoms with E-state index < -0.39 is 0 Å². The zero-order valence-corrected chi connectivity index (χ0v) is 22.1. The van der Waals surface area contributed by atoms with Gasteiger partial charge in [0.1, 0.15) is 0 Å². The molecule has 0 spiro atoms. The van der Waals surface area contributed by atoms with E-state index in [1.54, 1.807) is 4.90 Å². The van der Waals surface area contributed by atoms with Crippen molar-refractivity contribution in [2.45, 2.75) is 45.8 Å². The highest BCUT2D eigenvalue weighted by Gasteiger charge is 2.24. The number of ether oxygens (including phenoxy) is 1. The Morgan fingerprint density at radius 2 is 1.82 bits per heavy atom. The predicted molar refractivity (Wildman–Crippen MR) is 146 cm³/mol. The van der Waals surface area contributed by atoms with Gasteiger partial charge in [0.2, 0.25) is 0 Å². The summed E-state index contributed by atoms with van der Waals surface area (Å²) in [4.78, 5) is 33.4. The Morgan fingerprint density at radius 1 is 1.11 bits per heavy atom. The molecule has 2 aliphatic heterocycles. The zero-order valence-electron chi connectivity index (χ0n) is 22.1. The third-order valence-electron chi connectivity index (χ3n) is 7.48. The summed E-state index contributed by atoms with van der Waals surface area (Å²) in [6.45, 7) is 9.41. The number of hydrogen-bond donors (Lipinski definition) is 3. The minimum absolute atomic E-state index is 0.136. The fourth-order valence-corrected chi connectivity index (χ4v) is 5.22. The number of likely N-dealkylation sites (tertiary alicyclic amines) is 1. The molecule has 0 saturated carbocycles. The number of aromatic nitrogens is 3. The lowest BCUT2D eigenvalue weighted by molar-refractivity contribution is 0.0951. The number of primary amides is 1. The van der Waals surface area contributed by atoms with Crippen molar-refractivity contribution in [1.82, 2.24) is 25.0 Å². The monoisotopic (exact) mass is 520 g/mol. The number of amides is 3. The van der Waals surface area contributed by atoms with E-state index in [1.807, 2.05) is 49.0 Å². The Hall–Kier alpha value is -3.86. The second kappa shape index (κ2) is 11.3. The summed E-state index contributed by atoms with van der Waals surface area (Å²) >= 11 is 0. The van der Waals surface area contributed by atoms with Gasteiger partial charge in [-0.25, -0.2) is 14.5 Å². The van der Waals surface area contributed by atoms with Crippen LogP contribution in [0, 0.1) is 6.92 Å². The minimum atomic E-state index is -0.379. The summed E-state index contributed by atoms with van der Waals surface area (Å²) in [5.74, 6) is -0.136. The van der Waals surface area contributed by atoms with Crippen LogP contribution in [0.4, 0.5) is 16.2 Å². The molecular weight excluding hydrogens is 484 g/mol. The van der Waals surface area contributed by atoms with Crippen LogP contribution < -0.4 is 21.3 Å². The van der Waals surface area contributed by atoms with E-state index in [-0.39, 0.29) is 18.0 Å². The van der Waals surface area contributed by atoms with Crippen molar-refractivity contribution in [3.8, 4) is 0 Å². The molecule has 3 amide bonds. The van der Waals surface area contributed by atoms with Crippen LogP contribution in [-0.2, 0) is 17.8 Å². The summed E-state index contributed by atoms with van der Waals surface area (Å²) in [6.07, 6.45) is 3.41. The molecule has 4 N–H and O–H groups in total. The maximum absolute atomic E-state index is 13.1. The van der Waals surface area contributed by atoms with Crippen LogP contribution in [-0.4, -0.2) is 77.0 Å². The number of piperidine rings is 1. The van der Waals surface area contributed by atoms with Crippen LogP contribution in [0.2, 0.25) is 0 Å². The first-order valence-electron chi connectivity index (χ1n) is 13.3. The van der Waals surface area contributed by atoms with Crippen LogP contribution in [0.5, 0.6) is 0 Å². The topological polar surface area (TPSA) is 131 Å². The third-order valence-corrected chi connectivity index (χ3v) is 7.48. The molecule has 38 heavy (non-hydrogen) atoms. The van der Waals surface area contributed by atoms with Gasteiger partial charge < -0.3 is 30.9 Å². The molecule has 2 fully saturated rings. The second-order valence-electron chi connectivity index (χ2n) is 9.82. The molecule has 0 bridgehead atoms. The summed E-state index contributed by atoms with van der Waals surface area (Å²) in [6, 6.07) is 7.50. The summed E-state index contributed by atoms with van der Waals surface area (Å²) in [5, 5.41) is 12.2. The van der Waals surface area contributed by atoms with Gasteiger partial charge in [0, 0.05) is 67.8 Å². The first-order chi connectivity index (χ1) is 18.4. The average molecular weight is 521 g/mol. The van der Waals surface area contributed by atoms with Gasteiger partial charge in [0.05, 0.1) is 30.5 Å². The number of nitrogens with one attached hydrogen (secondary N) is 2. The average Bonchev–Trinajstić information content (AvgIpc) is 3.36. The van der Waals surface area contributed by atoms with E-state index in [4.69, 9.17) is 15.5 Å². The van der Waals surface area contributed by atoms with Crippen molar-refractivity contribution in [3.05, 3.63) is 47.3 Å². The molecule has 202 valence electrons. The predicted octanol–water partition coefficient (Wildman–Crippen LogP) is 2.48. The fourth-order valence-electron chi connectivity index (χ4n) is 5.22. The van der Waals surface area contributed by atoms with Gasteiger partial charge in [0.25, 0.3) is 5.91 Å². The second-order valence-corrected chi connectivity index (χ2v) is 9.82. The number of carbonyl (C=O) groups is 2. The highest BCUT2D eigenvalue weighted by molar-refractivity contribution is 5.95. The summed E-state index contributed by atoms with van der Waals surface area (Å²) < 4.78 is 7.31. The number of aryl methyl sites for hydroxylation is 2. The molecular formula is C27H36N8O3. The zero-order chi connectivity index (χ0) is 26.6. The van der Waals surface area contributed by atoms with Crippen molar-refractivity contribution in [3.63, 3.8) is 0 Å². The Balaban J connectivity index is 1.34. The maximum atomic E-state index is 13.1. The number of nitrogens with two attached hydrogens (primary N) is 1. The van der Waals surface area contributed by atoms with Gasteiger partial charge in [-0.05, 0) is 51.0 Å². The Labute approximate surface area is 222 Å². The lowest BCUT2D eigenvalue weighted by atomic mass is 10.0. The molecule has 2 aliphatic rings. The number of hydrogen-bond acceptors (Lipinski definition) is 7. The lowest BCUT2D eigenvalue weighted by Crippen LogP contribution is -2.44. The van der Waals surface area contributed by atoms with Crippen molar-refractivity contribution in [2.75, 3.05) is 49.6 Å². The van der Waals surface area contributed by atoms with Gasteiger partial charge in [-0.1, -0.05) is 0 Å². The number of pyridine rings is 1. The van der Waals surface area contributed by atoms with Crippen LogP contribution in [0.25, 0.3) is 11.0 Å². The molecule has 11 heteroatoms. The SMILES string of the molecule is CCn1ncc2c(NC3CCN(C(N)=O)CC3)c(CNC(=O)c3ccc(N4CCOCC4)cc3)c(C)nc21. The Morgan fingerprint density at radius 3 is 2.47 bits per heavy atom. The van der Waals surface area contributed by atoms with Crippen molar-refractivity contribution in [2.24, 2.45) is 5.73 Å². The number of fused-ring (bicyclic) bond motifs is 1. The van der Waals surface area contributed by atoms with Gasteiger partial charge in [0.15, 0.2) is 5.65 Å². The molecule has 3 aromatic rings. The number of rotatable bonds is 7. The summed E-state index contributed by atoms with van der Waals surface area (Å²) in [7, 11) is 0. The first-order valence-corrected chi connectivity index (χ1v) is 13.3. The molecule has 0 unspecified atom stereocenters. The molecule has 0 aliphatic carbocycles. The van der Waals surface area contributed by atoms with Crippen LogP contribution >= 0.6 is 0 Å². The number of anilines is 2. The smallest absolute Gasteiger partial charge is 0.314 e. The van der Waals surface area contributed by atoms with E-state index in [9.17, 15) is 9.59 Å². The van der Waals surface area contributed by atoms with Gasteiger partial charge in [-0.15, -0.1) is 0 Å². The standard InChI is InChI=1S/C27H36N8O3/c1-3-35-25-23(17-30-35)24(32-20-8-10-34(11-9-20)27(28)37)22(18(2)31-25)16-29-26(36)19-4-6-21(7-5-19)33-12-14-38-15-13-33/h4-7,17,20H,3,8-16H2,1-2H3,(H2,28,37)(H,29,36)(H,31,32). The largest absolute Gasteiger partial charge is 0.381 e. The molecule has 2 aromatic heterocycles. The Bertz CT molecular complexity index is 1290. The van der Waals surface area contributed by atoms with E-state index in [0.717, 1.165) is 72.8 Å². The van der Waals surface area contributed by atoms with E-state index in [2.05, 4.69) is 20.6 Å². The molecule has 0 atom stereocenters. The van der Waals surface area contributed by atoms with E-state index >= 15 is 0 Å². The third kappa shape index (κ3) is 5.38. The molecule has 5 rings (SSSR count). The number of urea groups is 1. The number of nitrogens with zero attached hydrogens (tertiary/aromatic N) is 5. The highest BCUT2D eigenvalue weighted by atomic mass is 16.5. The highest BCUT2D eigenvalue weighted by Crippen LogP contribution is 2.31. The number of benzene rings is 1. The van der Waals surface area contributed by atoms with Crippen LogP contribution in [0.1, 0.15) is 41.4 Å². The van der Waals surface area contributed by atoms with Gasteiger partial charge >= 0.3 is 6.03 Å². The van der Waals surface area contributed by atoms with Crippen molar-refractivity contribution >= 4 is 34.3 Å². The molecule has 11 nitrogen and oxygen atoms in total. The molecule has 0 radical (unpaired) electrons. The maximum Gasteiger partial charge on any atom is 0.314 e. The van der Waals surface area contributed by atoms with Gasteiger partial charge in [-0.3, -0.25) is 4.79 Å². The quantitative estimate of drug-likeness (QED) is 0.436. The van der Waals surface area contributed by atoms with E-state index in [0.29, 0.717) is 31.7 Å². The summed E-state index contributed by atoms with van der Waals surface area (Å²) in [5.41, 5.74) is 10.7. The van der Waals surface area contributed by atoms with Crippen LogP contribution in [0.3, 0.4) is 0 Å². The first kappa shape index (κ1) is 25.8. The van der Waals surface area contributed by atoms with Crippen LogP contribution in [0.15, 0.2) is 30.5 Å². The molecule has 1 aromatic carbocycles. The Kier molecular flexibility index (Phi) is 7.64. The molecule has 2 saturated heterocycles.